The maximum atomic E-state index is 12.6. The molecular weight excluding hydrogens is 399 g/mol. The molecule has 1 aliphatic heterocycles. The molecule has 1 fully saturated rings. The van der Waals surface area contributed by atoms with Crippen LogP contribution in [0.2, 0.25) is 10.2 Å². The first-order chi connectivity index (χ1) is 13.5. The van der Waals surface area contributed by atoms with Crippen LogP contribution in [-0.2, 0) is 4.79 Å². The van der Waals surface area contributed by atoms with E-state index >= 15 is 0 Å². The molecular formula is C20H16Cl2N4O2. The van der Waals surface area contributed by atoms with Gasteiger partial charge < -0.3 is 15.5 Å². The molecule has 1 saturated heterocycles. The SMILES string of the molecule is O=C1CN(c2ccc(NC(=O)c3ccc4nc(Cl)ccc4c3)cc2Cl)CCN1. The van der Waals surface area contributed by atoms with E-state index in [1.54, 1.807) is 36.4 Å². The summed E-state index contributed by atoms with van der Waals surface area (Å²) < 4.78 is 0. The highest BCUT2D eigenvalue weighted by atomic mass is 35.5. The van der Waals surface area contributed by atoms with Crippen molar-refractivity contribution >= 4 is 57.3 Å². The van der Waals surface area contributed by atoms with Crippen molar-refractivity contribution in [2.75, 3.05) is 29.9 Å². The van der Waals surface area contributed by atoms with E-state index < -0.39 is 0 Å². The van der Waals surface area contributed by atoms with Crippen molar-refractivity contribution < 1.29 is 9.59 Å². The maximum Gasteiger partial charge on any atom is 0.255 e. The predicted molar refractivity (Wildman–Crippen MR) is 111 cm³/mol. The van der Waals surface area contributed by atoms with Gasteiger partial charge >= 0.3 is 0 Å². The molecule has 1 aliphatic rings. The summed E-state index contributed by atoms with van der Waals surface area (Å²) in [5.41, 5.74) is 2.57. The van der Waals surface area contributed by atoms with Crippen LogP contribution in [0, 0.1) is 0 Å². The maximum absolute atomic E-state index is 12.6. The Kier molecular flexibility index (Phi) is 5.07. The van der Waals surface area contributed by atoms with Crippen molar-refractivity contribution in [3.05, 3.63) is 64.3 Å². The number of anilines is 2. The summed E-state index contributed by atoms with van der Waals surface area (Å²) in [5.74, 6) is -0.287. The van der Waals surface area contributed by atoms with Gasteiger partial charge in [-0.15, -0.1) is 0 Å². The van der Waals surface area contributed by atoms with Gasteiger partial charge in [0, 0.05) is 29.7 Å². The smallest absolute Gasteiger partial charge is 0.255 e. The van der Waals surface area contributed by atoms with E-state index in [2.05, 4.69) is 15.6 Å². The molecule has 0 saturated carbocycles. The minimum absolute atomic E-state index is 0.0354. The molecule has 2 aromatic carbocycles. The van der Waals surface area contributed by atoms with Gasteiger partial charge in [-0.2, -0.15) is 0 Å². The van der Waals surface area contributed by atoms with Gasteiger partial charge in [0.05, 0.1) is 22.8 Å². The average molecular weight is 415 g/mol. The normalized spacial score (nSPS) is 14.1. The lowest BCUT2D eigenvalue weighted by atomic mass is 10.1. The third-order valence-corrected chi connectivity index (χ3v) is 5.02. The number of carbonyl (C=O) groups is 2. The molecule has 2 amide bonds. The molecule has 0 radical (unpaired) electrons. The molecule has 2 N–H and O–H groups in total. The number of fused-ring (bicyclic) bond motifs is 1. The number of nitrogens with zero attached hydrogens (tertiary/aromatic N) is 2. The minimum Gasteiger partial charge on any atom is -0.359 e. The number of halogens is 2. The summed E-state index contributed by atoms with van der Waals surface area (Å²) in [7, 11) is 0. The monoisotopic (exact) mass is 414 g/mol. The van der Waals surface area contributed by atoms with Gasteiger partial charge in [-0.25, -0.2) is 4.98 Å². The van der Waals surface area contributed by atoms with Gasteiger partial charge in [-0.1, -0.05) is 23.2 Å². The second-order valence-corrected chi connectivity index (χ2v) is 7.23. The zero-order valence-electron chi connectivity index (χ0n) is 14.7. The lowest BCUT2D eigenvalue weighted by Gasteiger charge is -2.29. The Labute approximate surface area is 171 Å². The topological polar surface area (TPSA) is 74.3 Å². The molecule has 8 heteroatoms. The first-order valence-electron chi connectivity index (χ1n) is 8.68. The third kappa shape index (κ3) is 3.88. The predicted octanol–water partition coefficient (Wildman–Crippen LogP) is 3.73. The average Bonchev–Trinajstić information content (AvgIpc) is 2.67. The number of hydrogen-bond donors (Lipinski definition) is 2. The van der Waals surface area contributed by atoms with Crippen molar-refractivity contribution in [1.29, 1.82) is 0 Å². The fourth-order valence-corrected chi connectivity index (χ4v) is 3.58. The van der Waals surface area contributed by atoms with Gasteiger partial charge in [0.15, 0.2) is 0 Å². The van der Waals surface area contributed by atoms with Crippen molar-refractivity contribution in [2.45, 2.75) is 0 Å². The second-order valence-electron chi connectivity index (χ2n) is 6.43. The Hall–Kier alpha value is -2.83. The van der Waals surface area contributed by atoms with E-state index in [1.165, 1.54) is 0 Å². The van der Waals surface area contributed by atoms with Crippen LogP contribution < -0.4 is 15.5 Å². The second kappa shape index (κ2) is 7.66. The molecule has 0 aliphatic carbocycles. The van der Waals surface area contributed by atoms with Gasteiger partial charge in [0.2, 0.25) is 5.91 Å². The zero-order chi connectivity index (χ0) is 19.7. The van der Waals surface area contributed by atoms with Crippen molar-refractivity contribution in [1.82, 2.24) is 10.3 Å². The van der Waals surface area contributed by atoms with Crippen LogP contribution in [0.15, 0.2) is 48.5 Å². The molecule has 28 heavy (non-hydrogen) atoms. The summed E-state index contributed by atoms with van der Waals surface area (Å²) in [5, 5.41) is 7.34. The number of rotatable bonds is 3. The summed E-state index contributed by atoms with van der Waals surface area (Å²) in [4.78, 5) is 30.3. The number of hydrogen-bond acceptors (Lipinski definition) is 4. The van der Waals surface area contributed by atoms with Crippen molar-refractivity contribution in [3.8, 4) is 0 Å². The zero-order valence-corrected chi connectivity index (χ0v) is 16.2. The molecule has 1 aromatic heterocycles. The number of amides is 2. The largest absolute Gasteiger partial charge is 0.359 e. The molecule has 0 bridgehead atoms. The van der Waals surface area contributed by atoms with E-state index in [-0.39, 0.29) is 18.4 Å². The molecule has 3 aromatic rings. The summed E-state index contributed by atoms with van der Waals surface area (Å²) >= 11 is 12.3. The molecule has 6 nitrogen and oxygen atoms in total. The lowest BCUT2D eigenvalue weighted by molar-refractivity contribution is -0.120. The van der Waals surface area contributed by atoms with Crippen LogP contribution in [0.5, 0.6) is 0 Å². The van der Waals surface area contributed by atoms with Gasteiger partial charge in [0.1, 0.15) is 5.15 Å². The number of pyridine rings is 1. The van der Waals surface area contributed by atoms with E-state index in [0.717, 1.165) is 16.6 Å². The number of nitrogens with one attached hydrogen (secondary N) is 2. The third-order valence-electron chi connectivity index (χ3n) is 4.50. The van der Waals surface area contributed by atoms with Crippen molar-refractivity contribution in [2.24, 2.45) is 0 Å². The number of piperazine rings is 1. The van der Waals surface area contributed by atoms with Crippen LogP contribution in [0.4, 0.5) is 11.4 Å². The van der Waals surface area contributed by atoms with Gasteiger partial charge in [-0.3, -0.25) is 9.59 Å². The molecule has 0 atom stereocenters. The number of carbonyl (C=O) groups excluding carboxylic acids is 2. The number of aromatic nitrogens is 1. The molecule has 142 valence electrons. The molecule has 0 spiro atoms. The van der Waals surface area contributed by atoms with E-state index in [9.17, 15) is 9.59 Å². The lowest BCUT2D eigenvalue weighted by Crippen LogP contribution is -2.47. The fraction of sp³-hybridized carbons (Fsp3) is 0.150. The Morgan fingerprint density at radius 2 is 1.96 bits per heavy atom. The van der Waals surface area contributed by atoms with Crippen LogP contribution >= 0.6 is 23.2 Å². The standard InChI is InChI=1S/C20H16Cl2N4O2/c21-15-10-14(3-5-17(15)26-8-7-23-19(27)11-26)24-20(28)13-1-4-16-12(9-13)2-6-18(22)25-16/h1-6,9-10H,7-8,11H2,(H,23,27)(H,24,28). The molecule has 4 rings (SSSR count). The van der Waals surface area contributed by atoms with Crippen LogP contribution in [0.1, 0.15) is 10.4 Å². The Bertz CT molecular complexity index is 1090. The quantitative estimate of drug-likeness (QED) is 0.640. The van der Waals surface area contributed by atoms with Crippen LogP contribution in [0.25, 0.3) is 10.9 Å². The number of benzene rings is 2. The van der Waals surface area contributed by atoms with Crippen LogP contribution in [0.3, 0.4) is 0 Å². The highest BCUT2D eigenvalue weighted by molar-refractivity contribution is 6.33. The Morgan fingerprint density at radius 3 is 2.75 bits per heavy atom. The molecule has 2 heterocycles. The van der Waals surface area contributed by atoms with E-state index in [1.807, 2.05) is 17.0 Å². The summed E-state index contributed by atoms with van der Waals surface area (Å²) in [6.45, 7) is 1.53. The highest BCUT2D eigenvalue weighted by Gasteiger charge is 2.19. The fourth-order valence-electron chi connectivity index (χ4n) is 3.13. The molecule has 0 unspecified atom stereocenters. The van der Waals surface area contributed by atoms with E-state index in [0.29, 0.717) is 34.5 Å². The first kappa shape index (κ1) is 18.5. The van der Waals surface area contributed by atoms with E-state index in [4.69, 9.17) is 23.2 Å². The van der Waals surface area contributed by atoms with Gasteiger partial charge in [0.25, 0.3) is 5.91 Å². The summed E-state index contributed by atoms with van der Waals surface area (Å²) in [6.07, 6.45) is 0. The Balaban J connectivity index is 1.52. The summed E-state index contributed by atoms with van der Waals surface area (Å²) in [6, 6.07) is 14.0. The first-order valence-corrected chi connectivity index (χ1v) is 9.44. The van der Waals surface area contributed by atoms with Gasteiger partial charge in [-0.05, 0) is 48.5 Å². The van der Waals surface area contributed by atoms with Crippen molar-refractivity contribution in [3.63, 3.8) is 0 Å². The van der Waals surface area contributed by atoms with Crippen LogP contribution in [-0.4, -0.2) is 36.4 Å². The minimum atomic E-state index is -0.252. The Morgan fingerprint density at radius 1 is 1.11 bits per heavy atom. The highest BCUT2D eigenvalue weighted by Crippen LogP contribution is 2.29.